The summed E-state index contributed by atoms with van der Waals surface area (Å²) in [4.78, 5) is 45.3. The van der Waals surface area contributed by atoms with Crippen LogP contribution in [0.25, 0.3) is 11.3 Å². The zero-order valence-corrected chi connectivity index (χ0v) is 32.2. The maximum Gasteiger partial charge on any atom is 0.356 e. The molecule has 0 spiro atoms. The molecule has 0 aliphatic carbocycles. The van der Waals surface area contributed by atoms with Gasteiger partial charge in [-0.2, -0.15) is 8.42 Å². The average molecular weight is 760 g/mol. The predicted molar refractivity (Wildman–Crippen MR) is 194 cm³/mol. The summed E-state index contributed by atoms with van der Waals surface area (Å²) in [5.41, 5.74) is 2.81. The van der Waals surface area contributed by atoms with E-state index in [4.69, 9.17) is 18.3 Å². The number of benzene rings is 2. The molecule has 0 bridgehead atoms. The van der Waals surface area contributed by atoms with Crippen molar-refractivity contribution in [2.75, 3.05) is 6.26 Å². The molecule has 5 rings (SSSR count). The fourth-order valence-corrected chi connectivity index (χ4v) is 11.9. The first kappa shape index (κ1) is 37.8. The van der Waals surface area contributed by atoms with Gasteiger partial charge >= 0.3 is 5.97 Å². The number of nitro groups is 1. The quantitative estimate of drug-likeness (QED) is 0.0366. The largest absolute Gasteiger partial charge is 0.456 e. The van der Waals surface area contributed by atoms with Crippen LogP contribution >= 0.6 is 23.1 Å². The average Bonchev–Trinajstić information content (AvgIpc) is 3.66. The number of amides is 1. The van der Waals surface area contributed by atoms with Gasteiger partial charge < -0.3 is 14.1 Å². The predicted octanol–water partition coefficient (Wildman–Crippen LogP) is 7.13. The summed E-state index contributed by atoms with van der Waals surface area (Å²) < 4.78 is 41.0. The second kappa shape index (κ2) is 15.5. The van der Waals surface area contributed by atoms with Gasteiger partial charge in [0.25, 0.3) is 15.8 Å². The first-order valence-corrected chi connectivity index (χ1v) is 22.5. The minimum atomic E-state index is -3.60. The molecule has 0 N–H and O–H groups in total. The lowest BCUT2D eigenvalue weighted by Crippen LogP contribution is -2.65. The van der Waals surface area contributed by atoms with Crippen molar-refractivity contribution < 1.29 is 36.3 Å². The Kier molecular flexibility index (Phi) is 11.7. The van der Waals surface area contributed by atoms with E-state index in [0.717, 1.165) is 30.0 Å². The van der Waals surface area contributed by atoms with E-state index >= 15 is 0 Å². The maximum absolute atomic E-state index is 13.9. The fourth-order valence-electron chi connectivity index (χ4n) is 6.56. The van der Waals surface area contributed by atoms with Gasteiger partial charge in [-0.15, -0.1) is 11.3 Å². The highest BCUT2D eigenvalue weighted by molar-refractivity contribution is 8.04. The summed E-state index contributed by atoms with van der Waals surface area (Å²) in [6, 6.07) is 15.6. The Balaban J connectivity index is 1.41. The van der Waals surface area contributed by atoms with E-state index in [2.05, 4.69) is 20.8 Å². The third-order valence-electron chi connectivity index (χ3n) is 9.52. The van der Waals surface area contributed by atoms with Crippen LogP contribution in [0.15, 0.2) is 68.9 Å². The number of thiazole rings is 1. The van der Waals surface area contributed by atoms with Gasteiger partial charge in [-0.3, -0.25) is 19.1 Å². The molecule has 0 radical (unpaired) electrons. The van der Waals surface area contributed by atoms with Crippen molar-refractivity contribution in [2.45, 2.75) is 82.5 Å². The number of hydrogen-bond donors (Lipinski definition) is 0. The summed E-state index contributed by atoms with van der Waals surface area (Å²) >= 11 is 2.72. The molecule has 1 saturated heterocycles. The number of fused-ring (bicyclic) bond motifs is 1. The minimum absolute atomic E-state index is 0.0689. The van der Waals surface area contributed by atoms with Crippen LogP contribution in [0.1, 0.15) is 45.7 Å². The molecular formula is C34H41N3O9S3Si. The van der Waals surface area contributed by atoms with Crippen LogP contribution < -0.4 is 0 Å². The lowest BCUT2D eigenvalue weighted by Gasteiger charge is -2.49. The van der Waals surface area contributed by atoms with Crippen molar-refractivity contribution >= 4 is 59.1 Å². The van der Waals surface area contributed by atoms with Gasteiger partial charge in [0.1, 0.15) is 12.3 Å². The molecule has 2 aromatic carbocycles. The van der Waals surface area contributed by atoms with Crippen LogP contribution in [-0.2, 0) is 46.3 Å². The van der Waals surface area contributed by atoms with Crippen molar-refractivity contribution in [3.05, 3.63) is 85.8 Å². The Labute approximate surface area is 301 Å². The molecule has 0 saturated carbocycles. The number of nitro benzene ring substituents is 1. The molecule has 1 aromatic heterocycles. The molecule has 3 aromatic rings. The number of esters is 1. The van der Waals surface area contributed by atoms with Crippen molar-refractivity contribution in [1.29, 1.82) is 0 Å². The Hall–Kier alpha value is -3.41. The van der Waals surface area contributed by atoms with E-state index in [1.54, 1.807) is 17.0 Å². The number of β-lactam (4-membered cyclic amide) rings is 1. The monoisotopic (exact) mass is 759 g/mol. The molecule has 50 heavy (non-hydrogen) atoms. The molecule has 0 unspecified atom stereocenters. The molecule has 2 aliphatic rings. The lowest BCUT2D eigenvalue weighted by atomic mass is 9.79. The number of ether oxygens (including phenoxy) is 1. The fraction of sp³-hybridized carbons (Fsp3) is 0.441. The van der Waals surface area contributed by atoms with E-state index < -0.39 is 35.2 Å². The zero-order valence-electron chi connectivity index (χ0n) is 28.8. The number of carbonyl (C=O) groups excluding carboxylic acids is 2. The molecule has 3 heterocycles. The van der Waals surface area contributed by atoms with E-state index in [-0.39, 0.29) is 48.6 Å². The third kappa shape index (κ3) is 8.05. The highest BCUT2D eigenvalue weighted by Crippen LogP contribution is 2.53. The van der Waals surface area contributed by atoms with Gasteiger partial charge in [0.2, 0.25) is 5.91 Å². The standard InChI is InChI=1S/C34H41N3O9S3Si/c1-7-50(8-2,9-3)46-22(5)28-29-21(4)31(30(36(29)32(28)38)33(39)44-18-23-13-15-26(16-14-23)37(40)41)48-34-35-27(20-47-34)25-12-10-11-24(17-25)19-45-49(6,42)43/h10-17,20-22,28-29H,7-9,18-19H2,1-6H3/t21-,22-,28-,29-/m1/s1. The second-order valence-corrected chi connectivity index (χ2v) is 21.1. The molecule has 1 fully saturated rings. The van der Waals surface area contributed by atoms with E-state index in [1.807, 2.05) is 31.4 Å². The number of non-ortho nitro benzene ring substituents is 1. The van der Waals surface area contributed by atoms with Gasteiger partial charge in [-0.05, 0) is 54.4 Å². The van der Waals surface area contributed by atoms with Crippen molar-refractivity contribution in [3.63, 3.8) is 0 Å². The summed E-state index contributed by atoms with van der Waals surface area (Å²) in [7, 11) is -5.62. The van der Waals surface area contributed by atoms with Crippen LogP contribution in [0.4, 0.5) is 5.69 Å². The Bertz CT molecular complexity index is 1890. The van der Waals surface area contributed by atoms with Crippen LogP contribution in [0.5, 0.6) is 0 Å². The van der Waals surface area contributed by atoms with Gasteiger partial charge in [-0.1, -0.05) is 57.7 Å². The van der Waals surface area contributed by atoms with Crippen LogP contribution in [0.3, 0.4) is 0 Å². The molecule has 12 nitrogen and oxygen atoms in total. The first-order chi connectivity index (χ1) is 23.7. The van der Waals surface area contributed by atoms with E-state index in [9.17, 15) is 28.1 Å². The van der Waals surface area contributed by atoms with Crippen LogP contribution in [0.2, 0.25) is 18.1 Å². The summed E-state index contributed by atoms with van der Waals surface area (Å²) in [6.07, 6.45) is 0.687. The van der Waals surface area contributed by atoms with E-state index in [0.29, 0.717) is 26.1 Å². The SMILES string of the molecule is CC[Si](CC)(CC)O[C@H](C)[C@H]1C(=O)N2C(C(=O)OCc3ccc([N+](=O)[O-])cc3)=C(Sc3nc(-c4cccc(COS(C)(=O)=O)c4)cs3)[C@H](C)[C@H]12. The number of hydrogen-bond acceptors (Lipinski definition) is 12. The highest BCUT2D eigenvalue weighted by atomic mass is 32.2. The van der Waals surface area contributed by atoms with Crippen molar-refractivity contribution in [1.82, 2.24) is 9.88 Å². The molecule has 2 aliphatic heterocycles. The van der Waals surface area contributed by atoms with Crippen molar-refractivity contribution in [2.24, 2.45) is 11.8 Å². The zero-order chi connectivity index (χ0) is 36.4. The number of thioether (sulfide) groups is 1. The summed E-state index contributed by atoms with van der Waals surface area (Å²) in [5.74, 6) is -1.46. The van der Waals surface area contributed by atoms with E-state index in [1.165, 1.54) is 47.4 Å². The maximum atomic E-state index is 13.9. The minimum Gasteiger partial charge on any atom is -0.456 e. The number of carbonyl (C=O) groups is 2. The Morgan fingerprint density at radius 1 is 1.10 bits per heavy atom. The highest BCUT2D eigenvalue weighted by Gasteiger charge is 2.61. The normalized spacial score (nSPS) is 19.7. The molecule has 268 valence electrons. The number of aromatic nitrogens is 1. The van der Waals surface area contributed by atoms with Gasteiger partial charge in [-0.25, -0.2) is 9.78 Å². The van der Waals surface area contributed by atoms with Crippen molar-refractivity contribution in [3.8, 4) is 11.3 Å². The molecule has 16 heteroatoms. The molecule has 1 amide bonds. The lowest BCUT2D eigenvalue weighted by molar-refractivity contribution is -0.384. The molecule has 4 atom stereocenters. The number of rotatable bonds is 16. The van der Waals surface area contributed by atoms with Crippen LogP contribution in [-0.4, -0.2) is 61.8 Å². The van der Waals surface area contributed by atoms with Gasteiger partial charge in [0, 0.05) is 33.9 Å². The summed E-state index contributed by atoms with van der Waals surface area (Å²) in [6.45, 7) is 10.2. The topological polar surface area (TPSA) is 155 Å². The van der Waals surface area contributed by atoms with Crippen LogP contribution in [0, 0.1) is 22.0 Å². The Morgan fingerprint density at radius 2 is 1.78 bits per heavy atom. The van der Waals surface area contributed by atoms with Gasteiger partial charge in [0.15, 0.2) is 12.7 Å². The third-order valence-corrected chi connectivity index (χ3v) is 17.0. The Morgan fingerprint density at radius 3 is 2.40 bits per heavy atom. The number of nitrogens with zero attached hydrogens (tertiary/aromatic N) is 3. The second-order valence-electron chi connectivity index (χ2n) is 12.6. The van der Waals surface area contributed by atoms with Gasteiger partial charge in [0.05, 0.1) is 41.5 Å². The summed E-state index contributed by atoms with van der Waals surface area (Å²) in [5, 5.41) is 13.0. The molecular weight excluding hydrogens is 719 g/mol. The smallest absolute Gasteiger partial charge is 0.356 e. The first-order valence-electron chi connectivity index (χ1n) is 16.4.